The van der Waals surface area contributed by atoms with Gasteiger partial charge in [0.1, 0.15) is 17.5 Å². The average molecular weight is 281 g/mol. The van der Waals surface area contributed by atoms with Gasteiger partial charge in [-0.15, -0.1) is 0 Å². The number of anilines is 2. The third-order valence-electron chi connectivity index (χ3n) is 3.12. The summed E-state index contributed by atoms with van der Waals surface area (Å²) in [6, 6.07) is 0. The molecular formula is C14H27N5O. The Morgan fingerprint density at radius 2 is 1.65 bits per heavy atom. The zero-order valence-corrected chi connectivity index (χ0v) is 13.3. The lowest BCUT2D eigenvalue weighted by Gasteiger charge is -2.25. The van der Waals surface area contributed by atoms with Gasteiger partial charge in [0.25, 0.3) is 0 Å². The monoisotopic (exact) mass is 281 g/mol. The number of aromatic nitrogens is 2. The van der Waals surface area contributed by atoms with Crippen molar-refractivity contribution in [3.05, 3.63) is 11.4 Å². The molecule has 0 unspecified atom stereocenters. The van der Waals surface area contributed by atoms with Crippen LogP contribution in [0.15, 0.2) is 0 Å². The molecule has 6 nitrogen and oxygen atoms in total. The van der Waals surface area contributed by atoms with E-state index in [1.54, 1.807) is 0 Å². The minimum absolute atomic E-state index is 0.109. The second kappa shape index (κ2) is 5.93. The highest BCUT2D eigenvalue weighted by molar-refractivity contribution is 5.57. The van der Waals surface area contributed by atoms with Crippen LogP contribution in [0.1, 0.15) is 46.0 Å². The molecule has 1 aromatic rings. The number of nitrogen functional groups attached to an aromatic ring is 1. The summed E-state index contributed by atoms with van der Waals surface area (Å²) in [5, 5.41) is 12.6. The third kappa shape index (κ3) is 4.05. The Labute approximate surface area is 121 Å². The van der Waals surface area contributed by atoms with Gasteiger partial charge in [0, 0.05) is 29.5 Å². The van der Waals surface area contributed by atoms with E-state index >= 15 is 0 Å². The van der Waals surface area contributed by atoms with Gasteiger partial charge in [-0.3, -0.25) is 0 Å². The molecule has 0 saturated heterocycles. The molecule has 5 N–H and O–H groups in total. The summed E-state index contributed by atoms with van der Waals surface area (Å²) in [6.07, 6.45) is 0. The van der Waals surface area contributed by atoms with E-state index in [2.05, 4.69) is 41.5 Å². The molecule has 6 heteroatoms. The molecule has 0 saturated carbocycles. The van der Waals surface area contributed by atoms with Crippen LogP contribution in [0.25, 0.3) is 0 Å². The van der Waals surface area contributed by atoms with Crippen LogP contribution in [0, 0.1) is 12.3 Å². The van der Waals surface area contributed by atoms with Crippen molar-refractivity contribution in [2.45, 2.75) is 47.0 Å². The summed E-state index contributed by atoms with van der Waals surface area (Å²) >= 11 is 0. The molecule has 20 heavy (non-hydrogen) atoms. The zero-order chi connectivity index (χ0) is 15.6. The number of hydrazine groups is 1. The van der Waals surface area contributed by atoms with Gasteiger partial charge in [-0.25, -0.2) is 15.8 Å². The maximum Gasteiger partial charge on any atom is 0.148 e. The standard InChI is InChI=1S/C14H27N5O/c1-9-10(16-7-14(5,6)8-20)17-12(13(2,3)4)18-11(9)19-15/h20H,7-8,15H2,1-6H3,(H2,16,17,18,19). The second-order valence-corrected chi connectivity index (χ2v) is 6.94. The van der Waals surface area contributed by atoms with Gasteiger partial charge in [0.05, 0.1) is 0 Å². The van der Waals surface area contributed by atoms with Gasteiger partial charge in [0.15, 0.2) is 0 Å². The predicted octanol–water partition coefficient (Wildman–Crippen LogP) is 1.80. The molecule has 0 spiro atoms. The molecule has 0 atom stereocenters. The summed E-state index contributed by atoms with van der Waals surface area (Å²) in [4.78, 5) is 9.04. The molecule has 1 heterocycles. The number of rotatable bonds is 5. The van der Waals surface area contributed by atoms with Gasteiger partial charge in [-0.05, 0) is 6.92 Å². The van der Waals surface area contributed by atoms with Gasteiger partial charge < -0.3 is 15.8 Å². The van der Waals surface area contributed by atoms with Gasteiger partial charge in [0.2, 0.25) is 0 Å². The van der Waals surface area contributed by atoms with Crippen LogP contribution in [0.4, 0.5) is 11.6 Å². The molecule has 0 radical (unpaired) electrons. The van der Waals surface area contributed by atoms with Crippen LogP contribution in [0.3, 0.4) is 0 Å². The van der Waals surface area contributed by atoms with Crippen molar-refractivity contribution in [2.24, 2.45) is 11.3 Å². The minimum atomic E-state index is -0.213. The Hall–Kier alpha value is -1.40. The highest BCUT2D eigenvalue weighted by Crippen LogP contribution is 2.26. The Balaban J connectivity index is 3.12. The number of hydrogen-bond acceptors (Lipinski definition) is 6. The lowest BCUT2D eigenvalue weighted by atomic mass is 9.94. The number of aliphatic hydroxyl groups excluding tert-OH is 1. The molecule has 114 valence electrons. The topological polar surface area (TPSA) is 96.1 Å². The summed E-state index contributed by atoms with van der Waals surface area (Å²) in [6.45, 7) is 12.8. The van der Waals surface area contributed by atoms with E-state index in [-0.39, 0.29) is 17.4 Å². The Bertz CT molecular complexity index is 465. The zero-order valence-electron chi connectivity index (χ0n) is 13.3. The van der Waals surface area contributed by atoms with E-state index in [9.17, 15) is 5.11 Å². The van der Waals surface area contributed by atoms with E-state index in [1.807, 2.05) is 20.8 Å². The number of nitrogens with zero attached hydrogens (tertiary/aromatic N) is 2. The summed E-state index contributed by atoms with van der Waals surface area (Å²) < 4.78 is 0. The molecule has 0 fully saturated rings. The van der Waals surface area contributed by atoms with Crippen molar-refractivity contribution in [1.82, 2.24) is 9.97 Å². The first-order valence-corrected chi connectivity index (χ1v) is 6.81. The van der Waals surface area contributed by atoms with E-state index < -0.39 is 0 Å². The van der Waals surface area contributed by atoms with E-state index in [0.29, 0.717) is 12.4 Å². The minimum Gasteiger partial charge on any atom is -0.396 e. The van der Waals surface area contributed by atoms with Crippen molar-refractivity contribution >= 4 is 11.6 Å². The average Bonchev–Trinajstić information content (AvgIpc) is 2.36. The largest absolute Gasteiger partial charge is 0.396 e. The number of hydrogen-bond donors (Lipinski definition) is 4. The quantitative estimate of drug-likeness (QED) is 0.485. The molecule has 0 aliphatic rings. The van der Waals surface area contributed by atoms with E-state index in [1.165, 1.54) is 0 Å². The maximum atomic E-state index is 9.32. The lowest BCUT2D eigenvalue weighted by molar-refractivity contribution is 0.170. The summed E-state index contributed by atoms with van der Waals surface area (Å²) in [7, 11) is 0. The number of nitrogens with one attached hydrogen (secondary N) is 2. The van der Waals surface area contributed by atoms with Crippen LogP contribution >= 0.6 is 0 Å². The smallest absolute Gasteiger partial charge is 0.148 e. The van der Waals surface area contributed by atoms with Crippen LogP contribution in [-0.2, 0) is 5.41 Å². The van der Waals surface area contributed by atoms with Crippen molar-refractivity contribution in [3.63, 3.8) is 0 Å². The highest BCUT2D eigenvalue weighted by atomic mass is 16.3. The van der Waals surface area contributed by atoms with Gasteiger partial charge in [-0.2, -0.15) is 0 Å². The first-order chi connectivity index (χ1) is 9.10. The molecule has 1 aromatic heterocycles. The second-order valence-electron chi connectivity index (χ2n) is 6.94. The molecule has 1 rings (SSSR count). The SMILES string of the molecule is Cc1c(NN)nc(C(C)(C)C)nc1NCC(C)(C)CO. The highest BCUT2D eigenvalue weighted by Gasteiger charge is 2.22. The van der Waals surface area contributed by atoms with Crippen molar-refractivity contribution in [1.29, 1.82) is 0 Å². The fourth-order valence-electron chi connectivity index (χ4n) is 1.54. The molecule has 0 aliphatic carbocycles. The van der Waals surface area contributed by atoms with Crippen LogP contribution in [0.2, 0.25) is 0 Å². The van der Waals surface area contributed by atoms with Crippen LogP contribution in [-0.4, -0.2) is 28.2 Å². The number of aliphatic hydroxyl groups is 1. The predicted molar refractivity (Wildman–Crippen MR) is 82.6 cm³/mol. The van der Waals surface area contributed by atoms with Crippen molar-refractivity contribution in [3.8, 4) is 0 Å². The fourth-order valence-corrected chi connectivity index (χ4v) is 1.54. The van der Waals surface area contributed by atoms with Crippen molar-refractivity contribution < 1.29 is 5.11 Å². The van der Waals surface area contributed by atoms with E-state index in [4.69, 9.17) is 5.84 Å². The Kier molecular flexibility index (Phi) is 4.94. The van der Waals surface area contributed by atoms with Gasteiger partial charge >= 0.3 is 0 Å². The molecule has 0 bridgehead atoms. The number of nitrogens with two attached hydrogens (primary N) is 1. The third-order valence-corrected chi connectivity index (χ3v) is 3.12. The molecular weight excluding hydrogens is 254 g/mol. The van der Waals surface area contributed by atoms with Crippen LogP contribution < -0.4 is 16.6 Å². The van der Waals surface area contributed by atoms with E-state index in [0.717, 1.165) is 17.2 Å². The normalized spacial score (nSPS) is 12.4. The van der Waals surface area contributed by atoms with Gasteiger partial charge in [-0.1, -0.05) is 34.6 Å². The molecule has 0 aromatic carbocycles. The lowest BCUT2D eigenvalue weighted by Crippen LogP contribution is -2.28. The summed E-state index contributed by atoms with van der Waals surface area (Å²) in [5.74, 6) is 7.62. The fraction of sp³-hybridized carbons (Fsp3) is 0.714. The first-order valence-electron chi connectivity index (χ1n) is 6.81. The molecule has 0 amide bonds. The first kappa shape index (κ1) is 16.7. The Morgan fingerprint density at radius 1 is 1.10 bits per heavy atom. The molecule has 0 aliphatic heterocycles. The summed E-state index contributed by atoms with van der Waals surface area (Å²) in [5.41, 5.74) is 3.11. The van der Waals surface area contributed by atoms with Crippen molar-refractivity contribution in [2.75, 3.05) is 23.9 Å². The maximum absolute atomic E-state index is 9.32. The Morgan fingerprint density at radius 3 is 2.10 bits per heavy atom. The van der Waals surface area contributed by atoms with Crippen LogP contribution in [0.5, 0.6) is 0 Å².